The van der Waals surface area contributed by atoms with Crippen LogP contribution in [0.15, 0.2) is 36.4 Å². The van der Waals surface area contributed by atoms with Crippen molar-refractivity contribution in [3.63, 3.8) is 0 Å². The Morgan fingerprint density at radius 2 is 1.54 bits per heavy atom. The van der Waals surface area contributed by atoms with E-state index in [9.17, 15) is 9.59 Å². The van der Waals surface area contributed by atoms with E-state index in [4.69, 9.17) is 25.8 Å². The third-order valence-corrected chi connectivity index (χ3v) is 3.75. The SMILES string of the molecule is COc1ccc(Cl)cc1NC(=O)C(=O)NCc1ccc(OC)c(OC)c1. The minimum Gasteiger partial charge on any atom is -0.495 e. The minimum atomic E-state index is -0.828. The van der Waals surface area contributed by atoms with E-state index in [0.29, 0.717) is 28.0 Å². The van der Waals surface area contributed by atoms with Gasteiger partial charge in [-0.05, 0) is 35.9 Å². The van der Waals surface area contributed by atoms with Crippen molar-refractivity contribution in [2.24, 2.45) is 0 Å². The van der Waals surface area contributed by atoms with Gasteiger partial charge in [0.25, 0.3) is 0 Å². The van der Waals surface area contributed by atoms with Crippen molar-refractivity contribution in [1.29, 1.82) is 0 Å². The Balaban J connectivity index is 2.00. The van der Waals surface area contributed by atoms with E-state index in [2.05, 4.69) is 10.6 Å². The van der Waals surface area contributed by atoms with Crippen molar-refractivity contribution in [2.75, 3.05) is 26.6 Å². The maximum atomic E-state index is 12.1. The first-order valence-corrected chi connectivity index (χ1v) is 8.00. The molecule has 0 spiro atoms. The predicted molar refractivity (Wildman–Crippen MR) is 98.0 cm³/mol. The lowest BCUT2D eigenvalue weighted by Crippen LogP contribution is -2.35. The van der Waals surface area contributed by atoms with Crippen LogP contribution in [-0.4, -0.2) is 33.1 Å². The molecule has 0 bridgehead atoms. The summed E-state index contributed by atoms with van der Waals surface area (Å²) in [4.78, 5) is 24.1. The van der Waals surface area contributed by atoms with Gasteiger partial charge in [0.1, 0.15) is 5.75 Å². The van der Waals surface area contributed by atoms with E-state index in [0.717, 1.165) is 5.56 Å². The largest absolute Gasteiger partial charge is 0.495 e. The van der Waals surface area contributed by atoms with Crippen molar-refractivity contribution < 1.29 is 23.8 Å². The second-order valence-electron chi connectivity index (χ2n) is 5.17. The fourth-order valence-corrected chi connectivity index (χ4v) is 2.38. The van der Waals surface area contributed by atoms with E-state index in [-0.39, 0.29) is 6.54 Å². The van der Waals surface area contributed by atoms with Crippen LogP contribution in [0.2, 0.25) is 5.02 Å². The number of benzene rings is 2. The molecule has 0 saturated carbocycles. The van der Waals surface area contributed by atoms with Gasteiger partial charge in [0.2, 0.25) is 0 Å². The number of carbonyl (C=O) groups is 2. The molecular formula is C18H19ClN2O5. The van der Waals surface area contributed by atoms with Crippen LogP contribution in [0.1, 0.15) is 5.56 Å². The number of carbonyl (C=O) groups excluding carboxylic acids is 2. The molecule has 0 unspecified atom stereocenters. The lowest BCUT2D eigenvalue weighted by atomic mass is 10.2. The molecule has 8 heteroatoms. The van der Waals surface area contributed by atoms with Gasteiger partial charge in [-0.1, -0.05) is 17.7 Å². The van der Waals surface area contributed by atoms with Gasteiger partial charge in [-0.3, -0.25) is 9.59 Å². The van der Waals surface area contributed by atoms with Gasteiger partial charge in [-0.15, -0.1) is 0 Å². The van der Waals surface area contributed by atoms with Gasteiger partial charge in [-0.25, -0.2) is 0 Å². The average molecular weight is 379 g/mol. The maximum Gasteiger partial charge on any atom is 0.313 e. The molecule has 7 nitrogen and oxygen atoms in total. The van der Waals surface area contributed by atoms with Gasteiger partial charge in [-0.2, -0.15) is 0 Å². The molecule has 26 heavy (non-hydrogen) atoms. The highest BCUT2D eigenvalue weighted by molar-refractivity contribution is 6.40. The van der Waals surface area contributed by atoms with Crippen LogP contribution >= 0.6 is 11.6 Å². The molecule has 0 saturated heterocycles. The van der Waals surface area contributed by atoms with E-state index >= 15 is 0 Å². The predicted octanol–water partition coefficient (Wildman–Crippen LogP) is 2.62. The van der Waals surface area contributed by atoms with Crippen LogP contribution < -0.4 is 24.8 Å². The summed E-state index contributed by atoms with van der Waals surface area (Å²) in [7, 11) is 4.51. The van der Waals surface area contributed by atoms with E-state index in [1.807, 2.05) is 0 Å². The fourth-order valence-electron chi connectivity index (χ4n) is 2.21. The van der Waals surface area contributed by atoms with Gasteiger partial charge < -0.3 is 24.8 Å². The molecule has 2 aromatic carbocycles. The number of ether oxygens (including phenoxy) is 3. The second-order valence-corrected chi connectivity index (χ2v) is 5.61. The second kappa shape index (κ2) is 8.96. The summed E-state index contributed by atoms with van der Waals surface area (Å²) in [5.41, 5.74) is 1.07. The highest BCUT2D eigenvalue weighted by Gasteiger charge is 2.16. The Kier molecular flexibility index (Phi) is 6.68. The number of nitrogens with one attached hydrogen (secondary N) is 2. The Morgan fingerprint density at radius 3 is 2.19 bits per heavy atom. The first kappa shape index (κ1) is 19.4. The van der Waals surface area contributed by atoms with Crippen molar-refractivity contribution in [2.45, 2.75) is 6.54 Å². The number of methoxy groups -OCH3 is 3. The molecule has 0 fully saturated rings. The Labute approximate surface area is 156 Å². The summed E-state index contributed by atoms with van der Waals surface area (Å²) in [5.74, 6) is -0.107. The van der Waals surface area contributed by atoms with E-state index in [1.54, 1.807) is 30.3 Å². The number of amides is 2. The monoisotopic (exact) mass is 378 g/mol. The highest BCUT2D eigenvalue weighted by atomic mass is 35.5. The molecule has 138 valence electrons. The molecule has 2 aromatic rings. The first-order valence-electron chi connectivity index (χ1n) is 7.62. The van der Waals surface area contributed by atoms with E-state index < -0.39 is 11.8 Å². The lowest BCUT2D eigenvalue weighted by Gasteiger charge is -2.12. The number of hydrogen-bond donors (Lipinski definition) is 2. The summed E-state index contributed by atoms with van der Waals surface area (Å²) in [6, 6.07) is 9.92. The zero-order chi connectivity index (χ0) is 19.1. The number of hydrogen-bond acceptors (Lipinski definition) is 5. The van der Waals surface area contributed by atoms with Crippen LogP contribution in [0.3, 0.4) is 0 Å². The van der Waals surface area contributed by atoms with E-state index in [1.165, 1.54) is 27.4 Å². The summed E-state index contributed by atoms with van der Waals surface area (Å²) >= 11 is 5.90. The first-order chi connectivity index (χ1) is 12.5. The molecule has 0 aliphatic heterocycles. The summed E-state index contributed by atoms with van der Waals surface area (Å²) < 4.78 is 15.5. The molecule has 0 heterocycles. The normalized spacial score (nSPS) is 10.0. The summed E-state index contributed by atoms with van der Waals surface area (Å²) in [5, 5.41) is 5.42. The molecule has 2 N–H and O–H groups in total. The number of halogens is 1. The lowest BCUT2D eigenvalue weighted by molar-refractivity contribution is -0.136. The Morgan fingerprint density at radius 1 is 0.885 bits per heavy atom. The summed E-state index contributed by atoms with van der Waals surface area (Å²) in [6.07, 6.45) is 0. The Hall–Kier alpha value is -2.93. The third-order valence-electron chi connectivity index (χ3n) is 3.52. The Bertz CT molecular complexity index is 810. The molecule has 0 radical (unpaired) electrons. The van der Waals surface area contributed by atoms with Crippen LogP contribution in [0, 0.1) is 0 Å². The maximum absolute atomic E-state index is 12.1. The van der Waals surface area contributed by atoms with Gasteiger partial charge in [0.15, 0.2) is 11.5 Å². The quantitative estimate of drug-likeness (QED) is 0.755. The van der Waals surface area contributed by atoms with Crippen molar-refractivity contribution in [3.05, 3.63) is 47.0 Å². The van der Waals surface area contributed by atoms with Crippen LogP contribution in [-0.2, 0) is 16.1 Å². The molecule has 0 aromatic heterocycles. The molecule has 0 aliphatic carbocycles. The fraction of sp³-hybridized carbons (Fsp3) is 0.222. The summed E-state index contributed by atoms with van der Waals surface area (Å²) in [6.45, 7) is 0.152. The minimum absolute atomic E-state index is 0.152. The van der Waals surface area contributed by atoms with Crippen molar-refractivity contribution in [3.8, 4) is 17.2 Å². The number of anilines is 1. The zero-order valence-corrected chi connectivity index (χ0v) is 15.3. The molecule has 0 atom stereocenters. The van der Waals surface area contributed by atoms with Gasteiger partial charge in [0.05, 0.1) is 27.0 Å². The smallest absolute Gasteiger partial charge is 0.313 e. The molecule has 2 rings (SSSR count). The van der Waals surface area contributed by atoms with Crippen molar-refractivity contribution >= 4 is 29.1 Å². The highest BCUT2D eigenvalue weighted by Crippen LogP contribution is 2.28. The molecular weight excluding hydrogens is 360 g/mol. The van der Waals surface area contributed by atoms with Crippen LogP contribution in [0.4, 0.5) is 5.69 Å². The third kappa shape index (κ3) is 4.80. The van der Waals surface area contributed by atoms with Crippen LogP contribution in [0.5, 0.6) is 17.2 Å². The van der Waals surface area contributed by atoms with Crippen molar-refractivity contribution in [1.82, 2.24) is 5.32 Å². The molecule has 2 amide bonds. The standard InChI is InChI=1S/C18H19ClN2O5/c1-24-14-7-5-12(19)9-13(14)21-18(23)17(22)20-10-11-4-6-15(25-2)16(8-11)26-3/h4-9H,10H2,1-3H3,(H,20,22)(H,21,23). The zero-order valence-electron chi connectivity index (χ0n) is 14.6. The van der Waals surface area contributed by atoms with Gasteiger partial charge >= 0.3 is 11.8 Å². The van der Waals surface area contributed by atoms with Crippen LogP contribution in [0.25, 0.3) is 0 Å². The van der Waals surface area contributed by atoms with Gasteiger partial charge in [0, 0.05) is 11.6 Å². The molecule has 0 aliphatic rings. The topological polar surface area (TPSA) is 85.9 Å². The average Bonchev–Trinajstić information content (AvgIpc) is 2.65. The number of rotatable bonds is 6.